The van der Waals surface area contributed by atoms with E-state index in [1.807, 2.05) is 0 Å². The highest BCUT2D eigenvalue weighted by Crippen LogP contribution is 2.40. The lowest BCUT2D eigenvalue weighted by Crippen LogP contribution is -2.68. The Morgan fingerprint density at radius 3 is 1.11 bits per heavy atom. The minimum Gasteiger partial charge on any atom is -0.482 e. The van der Waals surface area contributed by atoms with E-state index < -0.39 is 288 Å². The number of fused-ring (bicyclic) bond motifs is 1. The Morgan fingerprint density at radius 1 is 0.404 bits per heavy atom. The largest absolute Gasteiger partial charge is 0.482 e. The first-order valence-corrected chi connectivity index (χ1v) is 33.2. The van der Waals surface area contributed by atoms with Crippen LogP contribution in [0.4, 0.5) is 5.69 Å². The predicted molar refractivity (Wildman–Crippen MR) is 316 cm³/mol. The van der Waals surface area contributed by atoms with Crippen molar-refractivity contribution in [2.75, 3.05) is 65.2 Å². The number of carbonyl (C=O) groups excluding carboxylic acids is 1. The normalized spacial score (nSPS) is 47.5. The quantitative estimate of drug-likeness (QED) is 0.0819. The van der Waals surface area contributed by atoms with E-state index in [0.29, 0.717) is 11.1 Å². The number of nitrogens with zero attached hydrogens (tertiary/aromatic N) is 1. The molecular weight excluding hydrogens is 1380 g/mol. The van der Waals surface area contributed by atoms with Gasteiger partial charge in [0.25, 0.3) is 0 Å². The lowest BCUT2D eigenvalue weighted by molar-refractivity contribution is -0.396. The van der Waals surface area contributed by atoms with Crippen molar-refractivity contribution < 1.29 is 186 Å². The van der Waals surface area contributed by atoms with Crippen LogP contribution in [0.25, 0.3) is 10.8 Å². The molecule has 16 bridgehead atoms. The number of esters is 1. The molecule has 0 spiro atoms. The molecule has 2 aromatic carbocycles. The molecule has 20 N–H and O–H groups in total. The molecule has 0 aliphatic carbocycles. The summed E-state index contributed by atoms with van der Waals surface area (Å²) in [6, 6.07) is 6.98. The molecule has 21 heterocycles. The fourth-order valence-electron chi connectivity index (χ4n) is 13.2. The maximum Gasteiger partial charge on any atom is 0.327 e. The molecular formula is C57H82N2O38S2. The van der Waals surface area contributed by atoms with Crippen molar-refractivity contribution in [3.05, 3.63) is 36.4 Å². The van der Waals surface area contributed by atoms with E-state index in [4.69, 9.17) is 88.0 Å². The van der Waals surface area contributed by atoms with Crippen LogP contribution in [-0.4, -0.2) is 398 Å². The number of carbonyl (C=O) groups is 1. The van der Waals surface area contributed by atoms with Gasteiger partial charge in [-0.25, -0.2) is 8.42 Å². The van der Waals surface area contributed by atoms with Crippen LogP contribution >= 0.6 is 12.2 Å². The maximum absolute atomic E-state index is 14.6. The Bertz CT molecular complexity index is 3160. The number of hydrogen-bond donors (Lipinski definition) is 20. The van der Waals surface area contributed by atoms with Crippen molar-refractivity contribution >= 4 is 49.7 Å². The average Bonchev–Trinajstić information content (AvgIpc) is 1.71. The molecule has 21 aliphatic heterocycles. The second-order valence-corrected chi connectivity index (χ2v) is 27.2. The Hall–Kier alpha value is -3.55. The molecule has 21 aliphatic rings. The highest BCUT2D eigenvalue weighted by atomic mass is 32.2. The molecule has 0 aromatic heterocycles. The third kappa shape index (κ3) is 15.1. The van der Waals surface area contributed by atoms with Gasteiger partial charge in [0.2, 0.25) is 10.0 Å². The molecule has 21 fully saturated rings. The summed E-state index contributed by atoms with van der Waals surface area (Å²) >= 11 is 5.63. The van der Waals surface area contributed by atoms with E-state index in [9.17, 15) is 110 Å². The first kappa shape index (κ1) is 76.6. The van der Waals surface area contributed by atoms with Gasteiger partial charge >= 0.3 is 5.97 Å². The lowest BCUT2D eigenvalue weighted by Gasteiger charge is -2.50. The summed E-state index contributed by atoms with van der Waals surface area (Å²) in [6.07, 6.45) is -74.9. The van der Waals surface area contributed by atoms with Crippen molar-refractivity contribution in [2.45, 2.75) is 226 Å². The Morgan fingerprint density at radius 2 is 0.727 bits per heavy atom. The van der Waals surface area contributed by atoms with Gasteiger partial charge in [0.1, 0.15) is 178 Å². The van der Waals surface area contributed by atoms with Crippen LogP contribution in [0.2, 0.25) is 0 Å². The molecule has 40 nitrogen and oxygen atoms in total. The first-order valence-electron chi connectivity index (χ1n) is 31.3. The number of rotatable bonds is 9. The molecule has 42 heteroatoms. The van der Waals surface area contributed by atoms with E-state index in [2.05, 4.69) is 4.72 Å². The van der Waals surface area contributed by atoms with Crippen LogP contribution in [-0.2, 0) is 90.6 Å². The van der Waals surface area contributed by atoms with Crippen LogP contribution in [0.3, 0.4) is 0 Å². The number of cyclic esters (lactones) is 1. The molecule has 36 atom stereocenters. The highest BCUT2D eigenvalue weighted by Gasteiger charge is 2.60. The van der Waals surface area contributed by atoms with E-state index in [1.165, 1.54) is 18.2 Å². The summed E-state index contributed by atoms with van der Waals surface area (Å²) in [4.78, 5) is 15.9. The molecule has 2 aromatic rings. The van der Waals surface area contributed by atoms with Crippen LogP contribution in [0.15, 0.2) is 41.3 Å². The number of thiocarbonyl (C=S) groups is 1. The molecule has 560 valence electrons. The zero-order valence-electron chi connectivity index (χ0n) is 52.2. The summed E-state index contributed by atoms with van der Waals surface area (Å²) in [5, 5.41) is 216. The topological polar surface area (TPSA) is 599 Å². The highest BCUT2D eigenvalue weighted by molar-refractivity contribution is 7.89. The SMILES string of the molecule is CN(C)c1cccc2c(S(=O)(=O)N[C@H]3COC(=S)[C@H]4O[C@@H]5O[C@H]6[C@H](O)[C@@H](O)[C@@H](O[C@H]7[C@H](O)[C@@H](O)[C@@H](O[C@H]8[C@H](O)[C@@H](O)[C@@H](O[C@H]9[C@H](O)[C@@H](O)[C@@H](O[C@H]%10[C@H](O)[C@@H](O)[C@@H](O[C@H]%11[C@H](O)[C@@H](O)[C@@H](O[C@H]4[C@H](O)[C@H]5O)O[C@@H]%11COC3=O)O[C@@H]%10CO)O[C@@H]9CO)O[C@@H]8CO)O[C@@H]7CO)O[C@@H]6CO)cccc12. The summed E-state index contributed by atoms with van der Waals surface area (Å²) in [6.45, 7) is -7.78. The number of aliphatic hydroxyl groups excluding tert-OH is 19. The fraction of sp³-hybridized carbons (Fsp3) is 0.789. The molecule has 0 unspecified atom stereocenters. The molecule has 21 saturated heterocycles. The monoisotopic (exact) mass is 1470 g/mol. The average molecular weight is 1470 g/mol. The Kier molecular flexibility index (Phi) is 24.5. The van der Waals surface area contributed by atoms with E-state index in [1.54, 1.807) is 37.2 Å². The molecule has 23 rings (SSSR count). The maximum atomic E-state index is 14.6. The second-order valence-electron chi connectivity index (χ2n) is 25.1. The minimum absolute atomic E-state index is 0.182. The van der Waals surface area contributed by atoms with Crippen LogP contribution in [0, 0.1) is 0 Å². The number of sulfonamides is 1. The second kappa shape index (κ2) is 31.6. The Balaban J connectivity index is 0.942. The summed E-state index contributed by atoms with van der Waals surface area (Å²) in [5.74, 6) is -1.47. The molecule has 0 saturated carbocycles. The summed E-state index contributed by atoms with van der Waals surface area (Å²) < 4.78 is 125. The van der Waals surface area contributed by atoms with Crippen molar-refractivity contribution in [2.24, 2.45) is 0 Å². The van der Waals surface area contributed by atoms with Gasteiger partial charge in [0.05, 0.1) is 37.9 Å². The third-order valence-electron chi connectivity index (χ3n) is 18.6. The van der Waals surface area contributed by atoms with Gasteiger partial charge in [-0.15, -0.1) is 0 Å². The number of aliphatic hydroxyl groups is 19. The summed E-state index contributed by atoms with van der Waals surface area (Å²) in [5.41, 5.74) is 0.598. The Labute approximate surface area is 566 Å². The molecule has 0 radical (unpaired) electrons. The van der Waals surface area contributed by atoms with Crippen LogP contribution in [0.5, 0.6) is 0 Å². The smallest absolute Gasteiger partial charge is 0.327 e. The van der Waals surface area contributed by atoms with Gasteiger partial charge in [-0.1, -0.05) is 24.3 Å². The van der Waals surface area contributed by atoms with E-state index in [0.717, 1.165) is 0 Å². The van der Waals surface area contributed by atoms with Crippen molar-refractivity contribution in [1.29, 1.82) is 0 Å². The lowest BCUT2D eigenvalue weighted by atomic mass is 9.95. The molecule has 0 amide bonds. The van der Waals surface area contributed by atoms with Gasteiger partial charge in [-0.2, -0.15) is 4.72 Å². The van der Waals surface area contributed by atoms with E-state index in [-0.39, 0.29) is 10.3 Å². The van der Waals surface area contributed by atoms with Crippen molar-refractivity contribution in [3.8, 4) is 0 Å². The van der Waals surface area contributed by atoms with Gasteiger partial charge in [-0.05, 0) is 24.4 Å². The van der Waals surface area contributed by atoms with Crippen molar-refractivity contribution in [1.82, 2.24) is 4.72 Å². The number of hydrogen-bond acceptors (Lipinski definition) is 40. The predicted octanol–water partition coefficient (Wildman–Crippen LogP) is -12.7. The number of benzene rings is 2. The zero-order valence-corrected chi connectivity index (χ0v) is 53.8. The number of anilines is 1. The first-order chi connectivity index (χ1) is 47.0. The fourth-order valence-corrected chi connectivity index (χ4v) is 14.8. The molecule has 99 heavy (non-hydrogen) atoms. The number of nitrogens with one attached hydrogen (secondary N) is 1. The van der Waals surface area contributed by atoms with Gasteiger partial charge < -0.3 is 178 Å². The standard InChI is InChI=1S/C57H82N2O38S2/c1-59(2)19-7-3-6-17-16(19)5-4-8-26(17)99(80,81)58-18-14-83-57(98)48-47-33(71)40(78)56(97-48)94-45-24(13-64)87-53(37(75)31(45)69)92-43-22(11-62)85-51(35(73)29(43)67)90-41-20(9-60)84-50(34(72)27(41)65)91-42-21(10-61)86-52(36(74)28(42)66)93-44-23(12-63)88-54(38(76)30(44)68)95-46-25(15-82-49(18)79)89-55(96-47)39(77)32(46)70/h3-8,18,20-25,27-48,50-56,58,60-78H,9-15H2,1-2H3/t18-,20+,21+,22+,23+,24+,25+,27+,28+,29+,30+,31+,32+,33+,34+,35+,36+,37+,38+,39+,40+,41+,42+,43+,44+,45+,46+,47-,48-,50+,51+,52+,53+,54+,55+,56-/m0/s1. The van der Waals surface area contributed by atoms with Crippen molar-refractivity contribution in [3.63, 3.8) is 0 Å². The van der Waals surface area contributed by atoms with Gasteiger partial charge in [0, 0.05) is 30.6 Å². The summed E-state index contributed by atoms with van der Waals surface area (Å²) in [7, 11) is -1.42. The number of ether oxygens (including phenoxy) is 16. The van der Waals surface area contributed by atoms with Gasteiger partial charge in [-0.3, -0.25) is 4.79 Å². The third-order valence-corrected chi connectivity index (χ3v) is 20.4. The van der Waals surface area contributed by atoms with E-state index >= 15 is 0 Å². The van der Waals surface area contributed by atoms with Crippen LogP contribution < -0.4 is 9.62 Å². The zero-order chi connectivity index (χ0) is 71.5. The van der Waals surface area contributed by atoms with Gasteiger partial charge in [0.15, 0.2) is 61.2 Å². The van der Waals surface area contributed by atoms with Crippen LogP contribution in [0.1, 0.15) is 0 Å². The minimum atomic E-state index is -4.86.